The third kappa shape index (κ3) is 3.26. The van der Waals surface area contributed by atoms with Crippen LogP contribution in [0.4, 0.5) is 10.9 Å². The Morgan fingerprint density at radius 3 is 3.23 bits per heavy atom. The molecule has 3 rings (SSSR count). The molecule has 1 fully saturated rings. The quantitative estimate of drug-likeness (QED) is 0.918. The molecule has 1 aliphatic rings. The van der Waals surface area contributed by atoms with E-state index in [1.54, 1.807) is 13.3 Å². The summed E-state index contributed by atoms with van der Waals surface area (Å²) in [5.74, 6) is 0.767. The Hall–Kier alpha value is -1.99. The molecule has 1 saturated heterocycles. The van der Waals surface area contributed by atoms with Crippen molar-refractivity contribution in [1.29, 1.82) is 0 Å². The van der Waals surface area contributed by atoms with Crippen LogP contribution in [0.15, 0.2) is 29.8 Å². The van der Waals surface area contributed by atoms with Crippen LogP contribution in [0.2, 0.25) is 0 Å². The molecule has 3 heterocycles. The van der Waals surface area contributed by atoms with Gasteiger partial charge in [0.25, 0.3) is 0 Å². The van der Waals surface area contributed by atoms with Crippen LogP contribution < -0.4 is 5.32 Å². The van der Waals surface area contributed by atoms with Crippen molar-refractivity contribution >= 4 is 28.2 Å². The van der Waals surface area contributed by atoms with Crippen LogP contribution in [-0.2, 0) is 9.53 Å². The van der Waals surface area contributed by atoms with E-state index in [1.807, 2.05) is 28.5 Å². The van der Waals surface area contributed by atoms with Crippen molar-refractivity contribution in [2.45, 2.75) is 18.9 Å². The first-order chi connectivity index (χ1) is 10.8. The fourth-order valence-corrected chi connectivity index (χ4v) is 3.22. The van der Waals surface area contributed by atoms with Gasteiger partial charge in [0.05, 0.1) is 11.7 Å². The van der Waals surface area contributed by atoms with Gasteiger partial charge in [0.1, 0.15) is 12.4 Å². The molecule has 116 valence electrons. The average molecular weight is 318 g/mol. The number of nitrogens with one attached hydrogen (secondary N) is 1. The van der Waals surface area contributed by atoms with Crippen molar-refractivity contribution in [2.24, 2.45) is 0 Å². The smallest absolute Gasteiger partial charge is 0.249 e. The third-order valence-corrected chi connectivity index (χ3v) is 4.31. The Labute approximate surface area is 133 Å². The summed E-state index contributed by atoms with van der Waals surface area (Å²) in [7, 11) is 1.54. The number of methoxy groups -OCH3 is 1. The molecule has 1 atom stereocenters. The number of amides is 1. The number of pyridine rings is 1. The van der Waals surface area contributed by atoms with Gasteiger partial charge in [-0.3, -0.25) is 4.79 Å². The first-order valence-electron chi connectivity index (χ1n) is 7.20. The maximum absolute atomic E-state index is 12.1. The average Bonchev–Trinajstić information content (AvgIpc) is 3.19. The van der Waals surface area contributed by atoms with Crippen molar-refractivity contribution in [2.75, 3.05) is 25.6 Å². The summed E-state index contributed by atoms with van der Waals surface area (Å²) in [6.07, 6.45) is 3.67. The molecule has 2 aromatic rings. The molecule has 2 aromatic heterocycles. The highest BCUT2D eigenvalue weighted by Gasteiger charge is 2.30. The van der Waals surface area contributed by atoms with Crippen molar-refractivity contribution in [3.63, 3.8) is 0 Å². The lowest BCUT2D eigenvalue weighted by molar-refractivity contribution is -0.136. The second-order valence-corrected chi connectivity index (χ2v) is 5.98. The molecular formula is C15H18N4O2S. The second kappa shape index (κ2) is 6.85. The van der Waals surface area contributed by atoms with Crippen LogP contribution in [-0.4, -0.2) is 41.0 Å². The minimum absolute atomic E-state index is 0.0186. The molecule has 0 saturated carbocycles. The Balaban J connectivity index is 1.77. The second-order valence-electron chi connectivity index (χ2n) is 5.09. The maximum Gasteiger partial charge on any atom is 0.249 e. The molecule has 0 bridgehead atoms. The summed E-state index contributed by atoms with van der Waals surface area (Å²) in [6, 6.07) is 5.85. The van der Waals surface area contributed by atoms with Crippen LogP contribution in [0, 0.1) is 0 Å². The molecule has 0 radical (unpaired) electrons. The highest BCUT2D eigenvalue weighted by atomic mass is 32.1. The van der Waals surface area contributed by atoms with E-state index in [1.165, 1.54) is 11.3 Å². The minimum atomic E-state index is 0.0186. The zero-order valence-corrected chi connectivity index (χ0v) is 13.2. The van der Waals surface area contributed by atoms with E-state index in [9.17, 15) is 4.79 Å². The Morgan fingerprint density at radius 2 is 2.45 bits per heavy atom. The van der Waals surface area contributed by atoms with Gasteiger partial charge in [-0.25, -0.2) is 9.97 Å². The maximum atomic E-state index is 12.1. The Kier molecular flexibility index (Phi) is 4.65. The van der Waals surface area contributed by atoms with Crippen molar-refractivity contribution in [3.05, 3.63) is 35.5 Å². The van der Waals surface area contributed by atoms with E-state index in [0.717, 1.165) is 36.0 Å². The number of anilines is 2. The fraction of sp³-hybridized carbons (Fsp3) is 0.400. The zero-order chi connectivity index (χ0) is 15.4. The largest absolute Gasteiger partial charge is 0.375 e. The molecule has 0 spiro atoms. The lowest BCUT2D eigenvalue weighted by Gasteiger charge is -2.24. The number of nitrogens with zero attached hydrogens (tertiary/aromatic N) is 3. The monoisotopic (exact) mass is 318 g/mol. The number of hydrogen-bond acceptors (Lipinski definition) is 6. The van der Waals surface area contributed by atoms with Gasteiger partial charge >= 0.3 is 0 Å². The lowest BCUT2D eigenvalue weighted by Crippen LogP contribution is -2.33. The molecule has 0 unspecified atom stereocenters. The predicted octanol–water partition coefficient (Wildman–Crippen LogP) is 2.59. The van der Waals surface area contributed by atoms with E-state index < -0.39 is 0 Å². The van der Waals surface area contributed by atoms with Crippen molar-refractivity contribution in [1.82, 2.24) is 14.9 Å². The molecule has 1 aliphatic heterocycles. The van der Waals surface area contributed by atoms with Gasteiger partial charge in [-0.15, -0.1) is 11.3 Å². The molecule has 1 amide bonds. The van der Waals surface area contributed by atoms with Gasteiger partial charge in [0, 0.05) is 25.2 Å². The summed E-state index contributed by atoms with van der Waals surface area (Å²) in [4.78, 5) is 22.8. The lowest BCUT2D eigenvalue weighted by atomic mass is 10.1. The standard InChI is InChI=1S/C15H18N4O2S/c1-21-10-14(20)19-8-3-5-12(19)11-4-2-6-13(17-11)18-15-16-7-9-22-15/h2,4,6-7,9,12H,3,5,8,10H2,1H3,(H,16,17,18)/t12-/m1/s1. The highest BCUT2D eigenvalue weighted by molar-refractivity contribution is 7.13. The number of hydrogen-bond donors (Lipinski definition) is 1. The van der Waals surface area contributed by atoms with Crippen LogP contribution in [0.5, 0.6) is 0 Å². The number of carbonyl (C=O) groups excluding carboxylic acids is 1. The van der Waals surface area contributed by atoms with Gasteiger partial charge in [-0.1, -0.05) is 6.07 Å². The molecule has 22 heavy (non-hydrogen) atoms. The van der Waals surface area contributed by atoms with E-state index in [2.05, 4.69) is 15.3 Å². The normalized spacial score (nSPS) is 17.7. The van der Waals surface area contributed by atoms with Gasteiger partial charge in [0.15, 0.2) is 5.13 Å². The SMILES string of the molecule is COCC(=O)N1CCC[C@@H]1c1cccc(Nc2nccs2)n1. The van der Waals surface area contributed by atoms with E-state index >= 15 is 0 Å². The van der Waals surface area contributed by atoms with E-state index in [4.69, 9.17) is 4.74 Å². The first kappa shape index (κ1) is 14.9. The van der Waals surface area contributed by atoms with Crippen LogP contribution >= 0.6 is 11.3 Å². The van der Waals surface area contributed by atoms with E-state index in [0.29, 0.717) is 0 Å². The van der Waals surface area contributed by atoms with Crippen molar-refractivity contribution < 1.29 is 9.53 Å². The van der Waals surface area contributed by atoms with Gasteiger partial charge < -0.3 is 15.0 Å². The predicted molar refractivity (Wildman–Crippen MR) is 85.2 cm³/mol. The summed E-state index contributed by atoms with van der Waals surface area (Å²) in [5, 5.41) is 5.90. The highest BCUT2D eigenvalue weighted by Crippen LogP contribution is 2.31. The Bertz CT molecular complexity index is 632. The van der Waals surface area contributed by atoms with Crippen LogP contribution in [0.3, 0.4) is 0 Å². The molecule has 6 nitrogen and oxygen atoms in total. The zero-order valence-electron chi connectivity index (χ0n) is 12.4. The number of carbonyl (C=O) groups is 1. The number of likely N-dealkylation sites (tertiary alicyclic amines) is 1. The van der Waals surface area contributed by atoms with E-state index in [-0.39, 0.29) is 18.6 Å². The summed E-state index contributed by atoms with van der Waals surface area (Å²) >= 11 is 1.52. The van der Waals surface area contributed by atoms with Crippen molar-refractivity contribution in [3.8, 4) is 0 Å². The fourth-order valence-electron chi connectivity index (χ4n) is 2.68. The van der Waals surface area contributed by atoms with Crippen LogP contribution in [0.25, 0.3) is 0 Å². The van der Waals surface area contributed by atoms with Gasteiger partial charge in [-0.2, -0.15) is 0 Å². The summed E-state index contributed by atoms with van der Waals surface area (Å²) in [5.41, 5.74) is 0.906. The molecule has 0 aromatic carbocycles. The molecule has 0 aliphatic carbocycles. The summed E-state index contributed by atoms with van der Waals surface area (Å²) in [6.45, 7) is 0.881. The number of ether oxygens (including phenoxy) is 1. The van der Waals surface area contributed by atoms with Gasteiger partial charge in [-0.05, 0) is 25.0 Å². The number of aromatic nitrogens is 2. The first-order valence-corrected chi connectivity index (χ1v) is 8.08. The minimum Gasteiger partial charge on any atom is -0.375 e. The molecule has 1 N–H and O–H groups in total. The molecular weight excluding hydrogens is 300 g/mol. The summed E-state index contributed by atoms with van der Waals surface area (Å²) < 4.78 is 4.96. The van der Waals surface area contributed by atoms with Crippen LogP contribution in [0.1, 0.15) is 24.6 Å². The topological polar surface area (TPSA) is 67.3 Å². The van der Waals surface area contributed by atoms with Gasteiger partial charge in [0.2, 0.25) is 5.91 Å². The number of thiazole rings is 1. The molecule has 7 heteroatoms. The Morgan fingerprint density at radius 1 is 1.55 bits per heavy atom. The number of rotatable bonds is 5. The third-order valence-electron chi connectivity index (χ3n) is 3.62.